The Morgan fingerprint density at radius 3 is 2.72 bits per heavy atom. The Hall–Kier alpha value is -0.860. The van der Waals surface area contributed by atoms with Gasteiger partial charge in [0.05, 0.1) is 11.7 Å². The van der Waals surface area contributed by atoms with Gasteiger partial charge in [-0.05, 0) is 43.4 Å². The highest BCUT2D eigenvalue weighted by molar-refractivity contribution is 5.31. The van der Waals surface area contributed by atoms with Crippen molar-refractivity contribution in [1.29, 1.82) is 0 Å². The highest BCUT2D eigenvalue weighted by atomic mass is 16.5. The van der Waals surface area contributed by atoms with Gasteiger partial charge in [-0.15, -0.1) is 0 Å². The van der Waals surface area contributed by atoms with Gasteiger partial charge in [-0.2, -0.15) is 0 Å². The summed E-state index contributed by atoms with van der Waals surface area (Å²) < 4.78 is 5.48. The zero-order valence-corrected chi connectivity index (χ0v) is 11.7. The summed E-state index contributed by atoms with van der Waals surface area (Å²) in [4.78, 5) is 0. The first kappa shape index (κ1) is 13.6. The molecule has 0 bridgehead atoms. The Bertz CT molecular complexity index is 414. The Labute approximate surface area is 110 Å². The van der Waals surface area contributed by atoms with Crippen LogP contribution in [0.1, 0.15) is 42.4 Å². The quantitative estimate of drug-likeness (QED) is 0.890. The van der Waals surface area contributed by atoms with Crippen molar-refractivity contribution in [2.45, 2.75) is 57.7 Å². The summed E-state index contributed by atoms with van der Waals surface area (Å²) in [6, 6.07) is 6.45. The zero-order valence-electron chi connectivity index (χ0n) is 11.7. The Balaban J connectivity index is 2.17. The van der Waals surface area contributed by atoms with Crippen molar-refractivity contribution in [1.82, 2.24) is 0 Å². The minimum Gasteiger partial charge on any atom is -0.387 e. The fraction of sp³-hybridized carbons (Fsp3) is 0.625. The van der Waals surface area contributed by atoms with Crippen LogP contribution < -0.4 is 0 Å². The maximum absolute atomic E-state index is 10.8. The zero-order chi connectivity index (χ0) is 13.2. The standard InChI is InChI=1S/C16H24O2/c1-12-7-8-14(10-13(12)2)11-16(17)9-5-4-6-15(16)18-3/h7-8,10,15,17H,4-6,9,11H2,1-3H3. The average Bonchev–Trinajstić information content (AvgIpc) is 2.34. The molecule has 1 fully saturated rings. The third kappa shape index (κ3) is 2.76. The number of aryl methyl sites for hydroxylation is 2. The van der Waals surface area contributed by atoms with E-state index in [1.165, 1.54) is 16.7 Å². The first-order valence-corrected chi connectivity index (χ1v) is 6.86. The molecule has 2 nitrogen and oxygen atoms in total. The second-order valence-corrected chi connectivity index (χ2v) is 5.67. The molecule has 18 heavy (non-hydrogen) atoms. The molecule has 1 N–H and O–H groups in total. The number of hydrogen-bond acceptors (Lipinski definition) is 2. The molecular formula is C16H24O2. The summed E-state index contributed by atoms with van der Waals surface area (Å²) in [5.74, 6) is 0. The van der Waals surface area contributed by atoms with Crippen LogP contribution in [-0.4, -0.2) is 23.9 Å². The molecule has 0 radical (unpaired) electrons. The van der Waals surface area contributed by atoms with Gasteiger partial charge < -0.3 is 9.84 Å². The SMILES string of the molecule is COC1CCCCC1(O)Cc1ccc(C)c(C)c1. The van der Waals surface area contributed by atoms with Gasteiger partial charge in [0.15, 0.2) is 0 Å². The maximum Gasteiger partial charge on any atom is 0.0948 e. The molecule has 1 aromatic rings. The molecule has 0 saturated heterocycles. The number of methoxy groups -OCH3 is 1. The minimum absolute atomic E-state index is 0.0205. The van der Waals surface area contributed by atoms with Crippen LogP contribution in [0.15, 0.2) is 18.2 Å². The number of aliphatic hydroxyl groups is 1. The normalized spacial score (nSPS) is 28.3. The van der Waals surface area contributed by atoms with Crippen molar-refractivity contribution in [3.05, 3.63) is 34.9 Å². The highest BCUT2D eigenvalue weighted by Crippen LogP contribution is 2.33. The van der Waals surface area contributed by atoms with E-state index in [2.05, 4.69) is 32.0 Å². The smallest absolute Gasteiger partial charge is 0.0948 e. The average molecular weight is 248 g/mol. The Morgan fingerprint density at radius 2 is 2.06 bits per heavy atom. The summed E-state index contributed by atoms with van der Waals surface area (Å²) in [5, 5.41) is 10.8. The lowest BCUT2D eigenvalue weighted by Gasteiger charge is -2.39. The van der Waals surface area contributed by atoms with Crippen LogP contribution in [0.4, 0.5) is 0 Å². The van der Waals surface area contributed by atoms with Crippen molar-refractivity contribution in [2.24, 2.45) is 0 Å². The molecular weight excluding hydrogens is 224 g/mol. The van der Waals surface area contributed by atoms with Crippen LogP contribution in [0.3, 0.4) is 0 Å². The molecule has 0 spiro atoms. The second-order valence-electron chi connectivity index (χ2n) is 5.67. The number of ether oxygens (including phenoxy) is 1. The fourth-order valence-electron chi connectivity index (χ4n) is 3.00. The van der Waals surface area contributed by atoms with E-state index < -0.39 is 5.60 Å². The highest BCUT2D eigenvalue weighted by Gasteiger charge is 2.39. The lowest BCUT2D eigenvalue weighted by atomic mass is 9.78. The lowest BCUT2D eigenvalue weighted by molar-refractivity contribution is -0.116. The van der Waals surface area contributed by atoms with Gasteiger partial charge in [0, 0.05) is 13.5 Å². The minimum atomic E-state index is -0.686. The van der Waals surface area contributed by atoms with Gasteiger partial charge in [-0.25, -0.2) is 0 Å². The molecule has 2 rings (SSSR count). The molecule has 1 aliphatic rings. The molecule has 0 aromatic heterocycles. The molecule has 1 saturated carbocycles. The summed E-state index contributed by atoms with van der Waals surface area (Å²) in [7, 11) is 1.71. The number of rotatable bonds is 3. The summed E-state index contributed by atoms with van der Waals surface area (Å²) >= 11 is 0. The first-order chi connectivity index (χ1) is 8.55. The topological polar surface area (TPSA) is 29.5 Å². The number of benzene rings is 1. The molecule has 0 amide bonds. The predicted molar refractivity (Wildman–Crippen MR) is 73.8 cm³/mol. The van der Waals surface area contributed by atoms with E-state index in [-0.39, 0.29) is 6.10 Å². The van der Waals surface area contributed by atoms with Gasteiger partial charge in [0.1, 0.15) is 0 Å². The summed E-state index contributed by atoms with van der Waals surface area (Å²) in [6.45, 7) is 4.24. The van der Waals surface area contributed by atoms with Gasteiger partial charge in [-0.3, -0.25) is 0 Å². The second kappa shape index (κ2) is 5.41. The molecule has 2 heteroatoms. The third-order valence-corrected chi connectivity index (χ3v) is 4.29. The molecule has 1 aromatic carbocycles. The van der Waals surface area contributed by atoms with Crippen LogP contribution >= 0.6 is 0 Å². The van der Waals surface area contributed by atoms with Crippen LogP contribution in [0.25, 0.3) is 0 Å². The molecule has 1 aliphatic carbocycles. The fourth-order valence-corrected chi connectivity index (χ4v) is 3.00. The summed E-state index contributed by atoms with van der Waals surface area (Å²) in [5.41, 5.74) is 3.12. The summed E-state index contributed by atoms with van der Waals surface area (Å²) in [6.07, 6.45) is 4.76. The molecule has 0 heterocycles. The van der Waals surface area contributed by atoms with E-state index in [9.17, 15) is 5.11 Å². The van der Waals surface area contributed by atoms with Gasteiger partial charge in [0.25, 0.3) is 0 Å². The van der Waals surface area contributed by atoms with Crippen LogP contribution in [0.5, 0.6) is 0 Å². The van der Waals surface area contributed by atoms with Crippen molar-refractivity contribution < 1.29 is 9.84 Å². The molecule has 2 unspecified atom stereocenters. The van der Waals surface area contributed by atoms with E-state index in [1.807, 2.05) is 0 Å². The first-order valence-electron chi connectivity index (χ1n) is 6.86. The van der Waals surface area contributed by atoms with Gasteiger partial charge in [-0.1, -0.05) is 31.0 Å². The van der Waals surface area contributed by atoms with Crippen LogP contribution in [0, 0.1) is 13.8 Å². The van der Waals surface area contributed by atoms with Crippen molar-refractivity contribution in [2.75, 3.05) is 7.11 Å². The van der Waals surface area contributed by atoms with Gasteiger partial charge in [0.2, 0.25) is 0 Å². The van der Waals surface area contributed by atoms with Crippen LogP contribution in [-0.2, 0) is 11.2 Å². The van der Waals surface area contributed by atoms with Crippen LogP contribution in [0.2, 0.25) is 0 Å². The van der Waals surface area contributed by atoms with Crippen molar-refractivity contribution in [3.63, 3.8) is 0 Å². The van der Waals surface area contributed by atoms with E-state index in [0.717, 1.165) is 25.7 Å². The van der Waals surface area contributed by atoms with E-state index >= 15 is 0 Å². The third-order valence-electron chi connectivity index (χ3n) is 4.29. The molecule has 2 atom stereocenters. The van der Waals surface area contributed by atoms with Crippen molar-refractivity contribution in [3.8, 4) is 0 Å². The Kier molecular flexibility index (Phi) is 4.08. The maximum atomic E-state index is 10.8. The van der Waals surface area contributed by atoms with E-state index in [1.54, 1.807) is 7.11 Å². The monoisotopic (exact) mass is 248 g/mol. The Morgan fingerprint density at radius 1 is 1.28 bits per heavy atom. The van der Waals surface area contributed by atoms with Crippen molar-refractivity contribution >= 4 is 0 Å². The number of hydrogen-bond donors (Lipinski definition) is 1. The molecule has 0 aliphatic heterocycles. The molecule has 100 valence electrons. The van der Waals surface area contributed by atoms with E-state index in [0.29, 0.717) is 6.42 Å². The largest absolute Gasteiger partial charge is 0.387 e. The van der Waals surface area contributed by atoms with Gasteiger partial charge >= 0.3 is 0 Å². The lowest BCUT2D eigenvalue weighted by Crippen LogP contribution is -2.47. The predicted octanol–water partition coefficient (Wildman–Crippen LogP) is 3.17. The van der Waals surface area contributed by atoms with E-state index in [4.69, 9.17) is 4.74 Å².